The Bertz CT molecular complexity index is 526. The van der Waals surface area contributed by atoms with Crippen LogP contribution < -0.4 is 5.32 Å². The maximum Gasteiger partial charge on any atom is 0.326 e. The summed E-state index contributed by atoms with van der Waals surface area (Å²) in [4.78, 5) is 23.0. The number of thioether (sulfide) groups is 1. The van der Waals surface area contributed by atoms with Gasteiger partial charge in [0.2, 0.25) is 5.91 Å². The van der Waals surface area contributed by atoms with Gasteiger partial charge in [-0.05, 0) is 27.2 Å². The van der Waals surface area contributed by atoms with E-state index in [1.807, 2.05) is 20.8 Å². The van der Waals surface area contributed by atoms with Crippen molar-refractivity contribution in [1.82, 2.24) is 5.32 Å². The van der Waals surface area contributed by atoms with E-state index in [0.717, 1.165) is 0 Å². The van der Waals surface area contributed by atoms with Crippen LogP contribution in [-0.2, 0) is 24.2 Å². The van der Waals surface area contributed by atoms with Crippen LogP contribution in [0.25, 0.3) is 0 Å². The zero-order valence-corrected chi connectivity index (χ0v) is 15.3. The highest BCUT2D eigenvalue weighted by Gasteiger charge is 2.29. The van der Waals surface area contributed by atoms with Crippen molar-refractivity contribution in [2.75, 3.05) is 23.9 Å². The summed E-state index contributed by atoms with van der Waals surface area (Å²) in [7, 11) is -2.97. The molecule has 1 amide bonds. The number of hydrogen-bond acceptors (Lipinski definition) is 6. The Kier molecular flexibility index (Phi) is 7.34. The van der Waals surface area contributed by atoms with E-state index in [1.54, 1.807) is 0 Å². The third kappa shape index (κ3) is 8.57. The fraction of sp³-hybridized carbons (Fsp3) is 0.857. The zero-order chi connectivity index (χ0) is 17.7. The van der Waals surface area contributed by atoms with Gasteiger partial charge in [-0.3, -0.25) is 4.79 Å². The molecule has 1 fully saturated rings. The van der Waals surface area contributed by atoms with Gasteiger partial charge in [0.15, 0.2) is 9.84 Å². The summed E-state index contributed by atoms with van der Waals surface area (Å²) in [6.07, 6.45) is 0.725. The Morgan fingerprint density at radius 3 is 2.52 bits per heavy atom. The first kappa shape index (κ1) is 20.2. The molecule has 1 heterocycles. The van der Waals surface area contributed by atoms with Crippen molar-refractivity contribution in [3.05, 3.63) is 0 Å². The highest BCUT2D eigenvalue weighted by atomic mass is 32.2. The van der Waals surface area contributed by atoms with E-state index in [2.05, 4.69) is 5.32 Å². The van der Waals surface area contributed by atoms with Crippen LogP contribution in [0.1, 0.15) is 33.6 Å². The quantitative estimate of drug-likeness (QED) is 0.649. The third-order valence-corrected chi connectivity index (χ3v) is 6.50. The van der Waals surface area contributed by atoms with Gasteiger partial charge >= 0.3 is 5.97 Å². The standard InChI is InChI=1S/C14H25NO6S2/c1-14(2,3)21-6-4-11(13(17)18)15-12(16)8-22-10-5-7-23(19,20)9-10/h10-11H,4-9H2,1-3H3,(H,15,16)(H,17,18). The first-order chi connectivity index (χ1) is 10.5. The van der Waals surface area contributed by atoms with Crippen LogP contribution in [0.4, 0.5) is 0 Å². The molecule has 9 heteroatoms. The average Bonchev–Trinajstić information content (AvgIpc) is 2.73. The number of ether oxygens (including phenoxy) is 1. The summed E-state index contributed by atoms with van der Waals surface area (Å²) in [5.41, 5.74) is -0.364. The molecule has 2 unspecified atom stereocenters. The number of rotatable bonds is 8. The molecule has 134 valence electrons. The summed E-state index contributed by atoms with van der Waals surface area (Å²) in [5.74, 6) is -1.20. The highest BCUT2D eigenvalue weighted by Crippen LogP contribution is 2.24. The molecule has 0 saturated carbocycles. The topological polar surface area (TPSA) is 110 Å². The monoisotopic (exact) mass is 367 g/mol. The summed E-state index contributed by atoms with van der Waals surface area (Å²) >= 11 is 1.26. The van der Waals surface area contributed by atoms with Gasteiger partial charge in [0, 0.05) is 18.3 Å². The van der Waals surface area contributed by atoms with Gasteiger partial charge in [-0.1, -0.05) is 0 Å². The van der Waals surface area contributed by atoms with Crippen molar-refractivity contribution >= 4 is 33.5 Å². The average molecular weight is 367 g/mol. The van der Waals surface area contributed by atoms with E-state index in [-0.39, 0.29) is 41.1 Å². The number of carboxylic acids is 1. The SMILES string of the molecule is CC(C)(C)OCCC(NC(=O)CSC1CCS(=O)(=O)C1)C(=O)O. The molecule has 1 aliphatic rings. The first-order valence-electron chi connectivity index (χ1n) is 7.47. The van der Waals surface area contributed by atoms with E-state index in [9.17, 15) is 18.0 Å². The predicted octanol–water partition coefficient (Wildman–Crippen LogP) is 0.681. The van der Waals surface area contributed by atoms with Crippen molar-refractivity contribution < 1.29 is 27.9 Å². The van der Waals surface area contributed by atoms with Crippen LogP contribution >= 0.6 is 11.8 Å². The second-order valence-electron chi connectivity index (χ2n) is 6.54. The second-order valence-corrected chi connectivity index (χ2v) is 10.1. The first-order valence-corrected chi connectivity index (χ1v) is 10.3. The molecule has 1 saturated heterocycles. The maximum atomic E-state index is 11.9. The van der Waals surface area contributed by atoms with Crippen LogP contribution in [0.3, 0.4) is 0 Å². The van der Waals surface area contributed by atoms with Crippen LogP contribution in [0.5, 0.6) is 0 Å². The molecule has 2 atom stereocenters. The minimum absolute atomic E-state index is 0.0596. The lowest BCUT2D eigenvalue weighted by Gasteiger charge is -2.21. The molecule has 23 heavy (non-hydrogen) atoms. The minimum Gasteiger partial charge on any atom is -0.480 e. The molecule has 7 nitrogen and oxygen atoms in total. The van der Waals surface area contributed by atoms with Gasteiger partial charge in [0.25, 0.3) is 0 Å². The lowest BCUT2D eigenvalue weighted by molar-refractivity contribution is -0.142. The Morgan fingerprint density at radius 1 is 1.39 bits per heavy atom. The number of carboxylic acid groups (broad SMARTS) is 1. The van der Waals surface area contributed by atoms with Crippen LogP contribution in [0, 0.1) is 0 Å². The Morgan fingerprint density at radius 2 is 2.04 bits per heavy atom. The predicted molar refractivity (Wildman–Crippen MR) is 89.4 cm³/mol. The van der Waals surface area contributed by atoms with Crippen LogP contribution in [-0.4, -0.2) is 66.2 Å². The molecule has 0 radical (unpaired) electrons. The third-order valence-electron chi connectivity index (χ3n) is 3.22. The molecule has 0 aliphatic carbocycles. The van der Waals surface area contributed by atoms with E-state index in [0.29, 0.717) is 6.42 Å². The van der Waals surface area contributed by atoms with Crippen LogP contribution in [0.15, 0.2) is 0 Å². The molecule has 0 aromatic rings. The normalized spacial score (nSPS) is 21.8. The molecular formula is C14H25NO6S2. The van der Waals surface area contributed by atoms with Crippen molar-refractivity contribution in [3.8, 4) is 0 Å². The molecule has 0 aromatic carbocycles. The molecule has 1 rings (SSSR count). The molecule has 0 spiro atoms. The van der Waals surface area contributed by atoms with Crippen molar-refractivity contribution in [1.29, 1.82) is 0 Å². The molecule has 0 bridgehead atoms. The van der Waals surface area contributed by atoms with Gasteiger partial charge < -0.3 is 15.2 Å². The number of carbonyl (C=O) groups is 2. The summed E-state index contributed by atoms with van der Waals surface area (Å²) in [6, 6.07) is -1.00. The van der Waals surface area contributed by atoms with Gasteiger partial charge in [-0.15, -0.1) is 11.8 Å². The van der Waals surface area contributed by atoms with Gasteiger partial charge in [-0.25, -0.2) is 13.2 Å². The molecule has 2 N–H and O–H groups in total. The fourth-order valence-electron chi connectivity index (χ4n) is 2.06. The molecular weight excluding hydrogens is 342 g/mol. The van der Waals surface area contributed by atoms with Gasteiger partial charge in [-0.2, -0.15) is 0 Å². The van der Waals surface area contributed by atoms with Gasteiger partial charge in [0.1, 0.15) is 6.04 Å². The molecule has 1 aliphatic heterocycles. The smallest absolute Gasteiger partial charge is 0.326 e. The van der Waals surface area contributed by atoms with Crippen molar-refractivity contribution in [2.45, 2.75) is 50.5 Å². The summed E-state index contributed by atoms with van der Waals surface area (Å²) in [5, 5.41) is 11.5. The number of sulfone groups is 1. The van der Waals surface area contributed by atoms with E-state index in [1.165, 1.54) is 11.8 Å². The Hall–Kier alpha value is -0.800. The van der Waals surface area contributed by atoms with Gasteiger partial charge in [0.05, 0.1) is 22.9 Å². The van der Waals surface area contributed by atoms with E-state index < -0.39 is 27.8 Å². The summed E-state index contributed by atoms with van der Waals surface area (Å²) in [6.45, 7) is 5.84. The number of aliphatic carboxylic acids is 1. The lowest BCUT2D eigenvalue weighted by Crippen LogP contribution is -2.43. The maximum absolute atomic E-state index is 11.9. The number of amides is 1. The lowest BCUT2D eigenvalue weighted by atomic mass is 10.2. The zero-order valence-electron chi connectivity index (χ0n) is 13.7. The highest BCUT2D eigenvalue weighted by molar-refractivity contribution is 8.02. The van der Waals surface area contributed by atoms with Crippen molar-refractivity contribution in [3.63, 3.8) is 0 Å². The minimum atomic E-state index is -2.97. The van der Waals surface area contributed by atoms with E-state index in [4.69, 9.17) is 9.84 Å². The number of nitrogens with one attached hydrogen (secondary N) is 1. The number of carbonyl (C=O) groups excluding carboxylic acids is 1. The Labute approximate surface area is 141 Å². The second kappa shape index (κ2) is 8.34. The number of hydrogen-bond donors (Lipinski definition) is 2. The van der Waals surface area contributed by atoms with Crippen LogP contribution in [0.2, 0.25) is 0 Å². The fourth-order valence-corrected chi connectivity index (χ4v) is 5.52. The van der Waals surface area contributed by atoms with Crippen molar-refractivity contribution in [2.24, 2.45) is 0 Å². The van der Waals surface area contributed by atoms with E-state index >= 15 is 0 Å². The molecule has 0 aromatic heterocycles. The largest absolute Gasteiger partial charge is 0.480 e. The summed E-state index contributed by atoms with van der Waals surface area (Å²) < 4.78 is 28.2. The Balaban J connectivity index is 2.35.